The van der Waals surface area contributed by atoms with Crippen LogP contribution in [0.5, 0.6) is 0 Å². The van der Waals surface area contributed by atoms with Crippen molar-refractivity contribution in [2.75, 3.05) is 72.7 Å². The zero-order chi connectivity index (χ0) is 39.5. The van der Waals surface area contributed by atoms with Crippen LogP contribution < -0.4 is 37.6 Å². The van der Waals surface area contributed by atoms with Gasteiger partial charge in [-0.25, -0.2) is 19.2 Å². The fourth-order valence-corrected chi connectivity index (χ4v) is 3.59. The first-order chi connectivity index (χ1) is 23.8. The van der Waals surface area contributed by atoms with E-state index in [2.05, 4.69) is 36.6 Å². The minimum atomic E-state index is -0.859. The summed E-state index contributed by atoms with van der Waals surface area (Å²) < 4.78 is 19.8. The van der Waals surface area contributed by atoms with Gasteiger partial charge in [0.05, 0.1) is 20.3 Å². The summed E-state index contributed by atoms with van der Waals surface area (Å²) in [7, 11) is 1.31. The van der Waals surface area contributed by atoms with Crippen LogP contribution in [0, 0.1) is 0 Å². The molecule has 0 spiro atoms. The number of rotatable bonds is 20. The van der Waals surface area contributed by atoms with Crippen LogP contribution in [-0.4, -0.2) is 142 Å². The SMILES string of the molecule is CCOC(=O)NCCN(CCCNC(=O)[C@H](CC)NC(=O)OC(C)(C)C)C(=O)OC(C)(C)C.COC(=O)NCCNCCCNC(=O)[C@@H](N)CO. The Morgan fingerprint density at radius 2 is 1.29 bits per heavy atom. The highest BCUT2D eigenvalue weighted by molar-refractivity contribution is 5.85. The minimum absolute atomic E-state index is 0.197. The van der Waals surface area contributed by atoms with Crippen molar-refractivity contribution in [2.24, 2.45) is 5.73 Å². The fraction of sp³-hybridized carbons (Fsp3) is 0.812. The van der Waals surface area contributed by atoms with Gasteiger partial charge < -0.3 is 66.6 Å². The molecule has 19 nitrogen and oxygen atoms in total. The maximum atomic E-state index is 12.5. The summed E-state index contributed by atoms with van der Waals surface area (Å²) in [5, 5.41) is 24.7. The molecule has 0 aliphatic heterocycles. The van der Waals surface area contributed by atoms with Crippen molar-refractivity contribution in [2.45, 2.75) is 97.9 Å². The molecule has 19 heteroatoms. The Balaban J connectivity index is 0. The minimum Gasteiger partial charge on any atom is -0.453 e. The lowest BCUT2D eigenvalue weighted by Crippen LogP contribution is -2.48. The van der Waals surface area contributed by atoms with Gasteiger partial charge in [-0.3, -0.25) is 9.59 Å². The first kappa shape index (κ1) is 49.0. The van der Waals surface area contributed by atoms with Gasteiger partial charge in [-0.1, -0.05) is 6.92 Å². The zero-order valence-corrected chi connectivity index (χ0v) is 31.9. The quantitative estimate of drug-likeness (QED) is 0.0628. The molecule has 0 fully saturated rings. The highest BCUT2D eigenvalue weighted by Gasteiger charge is 2.24. The second kappa shape index (κ2) is 27.6. The second-order valence-electron chi connectivity index (χ2n) is 13.0. The number of aliphatic hydroxyl groups is 1. The van der Waals surface area contributed by atoms with Crippen molar-refractivity contribution in [1.82, 2.24) is 36.8 Å². The van der Waals surface area contributed by atoms with Crippen LogP contribution >= 0.6 is 0 Å². The number of carbonyl (C=O) groups excluding carboxylic acids is 6. The third kappa shape index (κ3) is 29.3. The van der Waals surface area contributed by atoms with Gasteiger partial charge in [-0.05, 0) is 74.3 Å². The molecule has 6 amide bonds. The Kier molecular flexibility index (Phi) is 26.5. The van der Waals surface area contributed by atoms with Crippen molar-refractivity contribution >= 4 is 36.2 Å². The third-order valence-corrected chi connectivity index (χ3v) is 6.02. The Morgan fingerprint density at radius 3 is 1.84 bits per heavy atom. The van der Waals surface area contributed by atoms with E-state index < -0.39 is 47.7 Å². The molecule has 0 aromatic heterocycles. The van der Waals surface area contributed by atoms with Gasteiger partial charge in [0.2, 0.25) is 11.8 Å². The predicted molar refractivity (Wildman–Crippen MR) is 190 cm³/mol. The number of hydrogen-bond acceptors (Lipinski definition) is 13. The average molecular weight is 737 g/mol. The van der Waals surface area contributed by atoms with E-state index >= 15 is 0 Å². The lowest BCUT2D eigenvalue weighted by molar-refractivity contribution is -0.124. The monoisotopic (exact) mass is 736 g/mol. The van der Waals surface area contributed by atoms with Crippen LogP contribution in [0.1, 0.15) is 74.7 Å². The zero-order valence-electron chi connectivity index (χ0n) is 31.9. The number of amides is 6. The van der Waals surface area contributed by atoms with E-state index in [1.807, 2.05) is 0 Å². The molecule has 0 aliphatic rings. The van der Waals surface area contributed by atoms with E-state index in [-0.39, 0.29) is 44.7 Å². The fourth-order valence-electron chi connectivity index (χ4n) is 3.59. The number of carbonyl (C=O) groups is 6. The molecule has 0 aromatic carbocycles. The molecule has 51 heavy (non-hydrogen) atoms. The molecular weight excluding hydrogens is 672 g/mol. The molecule has 0 aliphatic carbocycles. The number of methoxy groups -OCH3 is 1. The van der Waals surface area contributed by atoms with Gasteiger partial charge in [0.1, 0.15) is 23.3 Å². The van der Waals surface area contributed by atoms with Gasteiger partial charge in [0.15, 0.2) is 0 Å². The molecule has 9 N–H and O–H groups in total. The molecule has 2 atom stereocenters. The molecule has 0 rings (SSSR count). The van der Waals surface area contributed by atoms with Gasteiger partial charge >= 0.3 is 24.4 Å². The van der Waals surface area contributed by atoms with E-state index in [0.717, 1.165) is 6.42 Å². The van der Waals surface area contributed by atoms with Crippen molar-refractivity contribution in [3.05, 3.63) is 0 Å². The highest BCUT2D eigenvalue weighted by Crippen LogP contribution is 2.10. The Bertz CT molecular complexity index is 1040. The average Bonchev–Trinajstić information content (AvgIpc) is 3.03. The van der Waals surface area contributed by atoms with Crippen LogP contribution in [0.15, 0.2) is 0 Å². The van der Waals surface area contributed by atoms with E-state index in [0.29, 0.717) is 45.6 Å². The maximum absolute atomic E-state index is 12.5. The molecule has 298 valence electrons. The van der Waals surface area contributed by atoms with E-state index in [1.165, 1.54) is 12.0 Å². The normalized spacial score (nSPS) is 12.1. The van der Waals surface area contributed by atoms with E-state index in [1.54, 1.807) is 55.4 Å². The van der Waals surface area contributed by atoms with E-state index in [4.69, 9.17) is 25.1 Å². The lowest BCUT2D eigenvalue weighted by atomic mass is 10.2. The number of nitrogens with two attached hydrogens (primary N) is 1. The summed E-state index contributed by atoms with van der Waals surface area (Å²) in [5.74, 6) is -0.694. The molecule has 0 radical (unpaired) electrons. The Labute approximate surface area is 302 Å². The maximum Gasteiger partial charge on any atom is 0.410 e. The summed E-state index contributed by atoms with van der Waals surface area (Å²) in [5.41, 5.74) is 3.98. The van der Waals surface area contributed by atoms with E-state index in [9.17, 15) is 28.8 Å². The van der Waals surface area contributed by atoms with Crippen LogP contribution in [0.25, 0.3) is 0 Å². The molecule has 0 saturated carbocycles. The molecule has 0 heterocycles. The Morgan fingerprint density at radius 1 is 0.706 bits per heavy atom. The van der Waals surface area contributed by atoms with Crippen molar-refractivity contribution in [3.8, 4) is 0 Å². The lowest BCUT2D eigenvalue weighted by Gasteiger charge is -2.27. The molecule has 0 saturated heterocycles. The first-order valence-electron chi connectivity index (χ1n) is 17.1. The Hall–Kier alpha value is -4.10. The van der Waals surface area contributed by atoms with Gasteiger partial charge in [0.25, 0.3) is 0 Å². The summed E-state index contributed by atoms with van der Waals surface area (Å²) in [4.78, 5) is 71.5. The number of hydrogen-bond donors (Lipinski definition) is 8. The molecule has 0 aromatic rings. The number of nitrogens with zero attached hydrogens (tertiary/aromatic N) is 1. The molecule has 0 bridgehead atoms. The van der Waals surface area contributed by atoms with Crippen LogP contribution in [-0.2, 0) is 28.5 Å². The van der Waals surface area contributed by atoms with Crippen molar-refractivity contribution in [3.63, 3.8) is 0 Å². The van der Waals surface area contributed by atoms with Gasteiger partial charge in [0, 0.05) is 45.8 Å². The smallest absolute Gasteiger partial charge is 0.410 e. The largest absolute Gasteiger partial charge is 0.453 e. The summed E-state index contributed by atoms with van der Waals surface area (Å²) in [6.45, 7) is 17.2. The summed E-state index contributed by atoms with van der Waals surface area (Å²) in [6, 6.07) is -1.59. The second-order valence-corrected chi connectivity index (χ2v) is 13.0. The van der Waals surface area contributed by atoms with Crippen molar-refractivity contribution in [1.29, 1.82) is 0 Å². The highest BCUT2D eigenvalue weighted by atomic mass is 16.6. The van der Waals surface area contributed by atoms with Crippen LogP contribution in [0.4, 0.5) is 19.2 Å². The topological polar surface area (TPSA) is 261 Å². The number of ether oxygens (including phenoxy) is 4. The summed E-state index contributed by atoms with van der Waals surface area (Å²) >= 11 is 0. The van der Waals surface area contributed by atoms with Crippen LogP contribution in [0.2, 0.25) is 0 Å². The van der Waals surface area contributed by atoms with Gasteiger partial charge in [-0.15, -0.1) is 0 Å². The number of alkyl carbamates (subject to hydrolysis) is 3. The molecular formula is C32H64N8O11. The van der Waals surface area contributed by atoms with Crippen LogP contribution in [0.3, 0.4) is 0 Å². The van der Waals surface area contributed by atoms with Gasteiger partial charge in [-0.2, -0.15) is 0 Å². The van der Waals surface area contributed by atoms with Crippen molar-refractivity contribution < 1.29 is 52.8 Å². The molecule has 0 unspecified atom stereocenters. The summed E-state index contributed by atoms with van der Waals surface area (Å²) in [6.07, 6.45) is -0.601. The number of aliphatic hydroxyl groups excluding tert-OH is 1. The third-order valence-electron chi connectivity index (χ3n) is 6.02. The standard InChI is InChI=1S/C22H42N4O7.C10H22N4O4/c1-9-16(25-19(29)32-21(3,4)5)17(27)23-12-11-14-26(20(30)33-22(6,7)8)15-13-24-18(28)31-10-2;1-18-10(17)14-6-5-12-3-2-4-13-9(16)8(11)7-15/h16H,9-15H2,1-8H3,(H,23,27)(H,24,28)(H,25,29);8,12,15H,2-7,11H2,1H3,(H,13,16)(H,14,17)/t16-;8-/m00/s1. The predicted octanol–water partition coefficient (Wildman–Crippen LogP) is 0.537. The first-order valence-corrected chi connectivity index (χ1v) is 17.1. The number of nitrogens with one attached hydrogen (secondary N) is 6.